The van der Waals surface area contributed by atoms with Gasteiger partial charge in [0.2, 0.25) is 0 Å². The molecule has 0 heterocycles. The van der Waals surface area contributed by atoms with Crippen LogP contribution in [0.25, 0.3) is 0 Å². The first kappa shape index (κ1) is 17.0. The molecule has 1 unspecified atom stereocenters. The van der Waals surface area contributed by atoms with E-state index in [1.54, 1.807) is 7.11 Å². The molecule has 23 heavy (non-hydrogen) atoms. The predicted octanol–water partition coefficient (Wildman–Crippen LogP) is 3.12. The van der Waals surface area contributed by atoms with Crippen LogP contribution in [0.5, 0.6) is 5.75 Å². The molecule has 1 atom stereocenters. The normalized spacial score (nSPS) is 12.0. The maximum atomic E-state index is 9.38. The maximum absolute atomic E-state index is 9.38. The van der Waals surface area contributed by atoms with Gasteiger partial charge >= 0.3 is 0 Å². The van der Waals surface area contributed by atoms with Crippen LogP contribution < -0.4 is 4.74 Å². The molecule has 0 saturated carbocycles. The van der Waals surface area contributed by atoms with Gasteiger partial charge in [-0.25, -0.2) is 0 Å². The van der Waals surface area contributed by atoms with E-state index < -0.39 is 0 Å². The molecule has 1 N–H and O–H groups in total. The molecule has 0 aliphatic carbocycles. The Bertz CT molecular complexity index is 665. The van der Waals surface area contributed by atoms with Crippen LogP contribution in [-0.2, 0) is 6.54 Å². The number of hydrogen-bond acceptors (Lipinski definition) is 4. The van der Waals surface area contributed by atoms with E-state index in [1.165, 1.54) is 5.56 Å². The van der Waals surface area contributed by atoms with E-state index in [2.05, 4.69) is 23.1 Å². The van der Waals surface area contributed by atoms with Crippen LogP contribution in [0.15, 0.2) is 48.5 Å². The van der Waals surface area contributed by atoms with E-state index in [-0.39, 0.29) is 12.6 Å². The third-order valence-electron chi connectivity index (χ3n) is 3.94. The lowest BCUT2D eigenvalue weighted by atomic mass is 10.0. The zero-order valence-electron chi connectivity index (χ0n) is 13.6. The van der Waals surface area contributed by atoms with Gasteiger partial charge in [0.15, 0.2) is 0 Å². The van der Waals surface area contributed by atoms with Crippen molar-refractivity contribution < 1.29 is 9.84 Å². The second kappa shape index (κ2) is 8.33. The fraction of sp³-hybridized carbons (Fsp3) is 0.316. The summed E-state index contributed by atoms with van der Waals surface area (Å²) in [7, 11) is 3.60. The van der Waals surface area contributed by atoms with Crippen LogP contribution in [-0.4, -0.2) is 30.8 Å². The number of aliphatic hydroxyl groups is 1. The molecule has 0 spiro atoms. The molecule has 0 aliphatic heterocycles. The monoisotopic (exact) mass is 310 g/mol. The Morgan fingerprint density at radius 3 is 2.57 bits per heavy atom. The summed E-state index contributed by atoms with van der Waals surface area (Å²) in [6, 6.07) is 18.1. The fourth-order valence-corrected chi connectivity index (χ4v) is 2.78. The van der Waals surface area contributed by atoms with Crippen LogP contribution >= 0.6 is 0 Å². The molecule has 0 amide bonds. The molecule has 4 nitrogen and oxygen atoms in total. The van der Waals surface area contributed by atoms with Crippen LogP contribution in [0, 0.1) is 11.3 Å². The average molecular weight is 310 g/mol. The van der Waals surface area contributed by atoms with Crippen LogP contribution in [0.2, 0.25) is 0 Å². The van der Waals surface area contributed by atoms with Gasteiger partial charge in [-0.05, 0) is 36.7 Å². The van der Waals surface area contributed by atoms with Crippen LogP contribution in [0.1, 0.15) is 29.2 Å². The Morgan fingerprint density at radius 1 is 1.22 bits per heavy atom. The van der Waals surface area contributed by atoms with Gasteiger partial charge < -0.3 is 9.84 Å². The quantitative estimate of drug-likeness (QED) is 0.853. The molecular formula is C19H22N2O2. The highest BCUT2D eigenvalue weighted by atomic mass is 16.5. The molecule has 4 heteroatoms. The summed E-state index contributed by atoms with van der Waals surface area (Å²) < 4.78 is 5.18. The van der Waals surface area contributed by atoms with Crippen molar-refractivity contribution in [1.29, 1.82) is 5.26 Å². The van der Waals surface area contributed by atoms with Gasteiger partial charge in [-0.15, -0.1) is 0 Å². The molecule has 0 fully saturated rings. The van der Waals surface area contributed by atoms with E-state index in [0.717, 1.165) is 5.56 Å². The van der Waals surface area contributed by atoms with Gasteiger partial charge in [0.05, 0.1) is 12.7 Å². The number of benzene rings is 2. The van der Waals surface area contributed by atoms with Crippen LogP contribution in [0.3, 0.4) is 0 Å². The smallest absolute Gasteiger partial charge is 0.136 e. The highest BCUT2D eigenvalue weighted by Gasteiger charge is 2.17. The van der Waals surface area contributed by atoms with Gasteiger partial charge in [0.1, 0.15) is 11.8 Å². The molecule has 0 radical (unpaired) electrons. The molecule has 0 bridgehead atoms. The Hall–Kier alpha value is -2.35. The molecule has 120 valence electrons. The zero-order chi connectivity index (χ0) is 16.7. The lowest BCUT2D eigenvalue weighted by Crippen LogP contribution is -2.25. The summed E-state index contributed by atoms with van der Waals surface area (Å²) in [5.41, 5.74) is 2.76. The number of hydrogen-bond donors (Lipinski definition) is 1. The van der Waals surface area contributed by atoms with Crippen LogP contribution in [0.4, 0.5) is 0 Å². The van der Waals surface area contributed by atoms with E-state index in [1.807, 2.05) is 43.4 Å². The summed E-state index contributed by atoms with van der Waals surface area (Å²) in [4.78, 5) is 2.19. The van der Waals surface area contributed by atoms with Crippen molar-refractivity contribution in [2.24, 2.45) is 0 Å². The number of rotatable bonds is 7. The third-order valence-corrected chi connectivity index (χ3v) is 3.94. The van der Waals surface area contributed by atoms with Gasteiger partial charge in [-0.1, -0.05) is 36.4 Å². The van der Waals surface area contributed by atoms with Gasteiger partial charge in [-0.3, -0.25) is 4.90 Å². The Kier molecular flexibility index (Phi) is 6.16. The molecular weight excluding hydrogens is 288 g/mol. The van der Waals surface area contributed by atoms with E-state index >= 15 is 0 Å². The minimum atomic E-state index is 0.133. The first-order valence-corrected chi connectivity index (χ1v) is 7.62. The molecule has 0 aliphatic rings. The first-order chi connectivity index (χ1) is 11.2. The number of ether oxygens (including phenoxy) is 1. The summed E-state index contributed by atoms with van der Waals surface area (Å²) in [6.07, 6.45) is 0.668. The number of methoxy groups -OCH3 is 1. The van der Waals surface area contributed by atoms with Gasteiger partial charge in [0.25, 0.3) is 0 Å². The van der Waals surface area contributed by atoms with Crippen molar-refractivity contribution in [2.45, 2.75) is 19.0 Å². The van der Waals surface area contributed by atoms with Crippen molar-refractivity contribution in [3.8, 4) is 11.8 Å². The topological polar surface area (TPSA) is 56.5 Å². The number of nitriles is 1. The Labute approximate surface area is 137 Å². The number of aliphatic hydroxyl groups excluding tert-OH is 1. The lowest BCUT2D eigenvalue weighted by Gasteiger charge is -2.28. The summed E-state index contributed by atoms with van der Waals surface area (Å²) in [5, 5.41) is 18.6. The SMILES string of the molecule is COc1ccc(CN(C)C(CCO)c2ccccc2)cc1C#N. The van der Waals surface area contributed by atoms with E-state index in [4.69, 9.17) is 4.74 Å². The number of nitrogens with zero attached hydrogens (tertiary/aromatic N) is 2. The first-order valence-electron chi connectivity index (χ1n) is 7.62. The minimum absolute atomic E-state index is 0.133. The highest BCUT2D eigenvalue weighted by molar-refractivity contribution is 5.45. The third kappa shape index (κ3) is 4.32. The highest BCUT2D eigenvalue weighted by Crippen LogP contribution is 2.26. The van der Waals surface area contributed by atoms with E-state index in [0.29, 0.717) is 24.3 Å². The molecule has 0 saturated heterocycles. The second-order valence-corrected chi connectivity index (χ2v) is 5.50. The fourth-order valence-electron chi connectivity index (χ4n) is 2.78. The summed E-state index contributed by atoms with van der Waals surface area (Å²) in [6.45, 7) is 0.828. The standard InChI is InChI=1S/C19H22N2O2/c1-21(18(10-11-22)16-6-4-3-5-7-16)14-15-8-9-19(23-2)17(12-15)13-20/h3-9,12,18,22H,10-11,14H2,1-2H3. The average Bonchev–Trinajstić information content (AvgIpc) is 2.60. The Balaban J connectivity index is 2.19. The zero-order valence-corrected chi connectivity index (χ0v) is 13.6. The maximum Gasteiger partial charge on any atom is 0.136 e. The van der Waals surface area contributed by atoms with Crippen molar-refractivity contribution in [3.63, 3.8) is 0 Å². The summed E-state index contributed by atoms with van der Waals surface area (Å²) in [5.74, 6) is 0.592. The summed E-state index contributed by atoms with van der Waals surface area (Å²) >= 11 is 0. The molecule has 2 rings (SSSR count). The molecule has 2 aromatic rings. The predicted molar refractivity (Wildman–Crippen MR) is 90.1 cm³/mol. The van der Waals surface area contributed by atoms with Crippen molar-refractivity contribution in [2.75, 3.05) is 20.8 Å². The van der Waals surface area contributed by atoms with Gasteiger partial charge in [0, 0.05) is 19.2 Å². The van der Waals surface area contributed by atoms with Gasteiger partial charge in [-0.2, -0.15) is 5.26 Å². The van der Waals surface area contributed by atoms with E-state index in [9.17, 15) is 10.4 Å². The van der Waals surface area contributed by atoms with Crippen molar-refractivity contribution >= 4 is 0 Å². The largest absolute Gasteiger partial charge is 0.495 e. The lowest BCUT2D eigenvalue weighted by molar-refractivity contribution is 0.180. The Morgan fingerprint density at radius 2 is 1.96 bits per heavy atom. The van der Waals surface area contributed by atoms with Crippen molar-refractivity contribution in [1.82, 2.24) is 4.90 Å². The second-order valence-electron chi connectivity index (χ2n) is 5.50. The minimum Gasteiger partial charge on any atom is -0.495 e. The molecule has 2 aromatic carbocycles. The van der Waals surface area contributed by atoms with Crippen molar-refractivity contribution in [3.05, 3.63) is 65.2 Å². The molecule has 0 aromatic heterocycles.